The Balaban J connectivity index is 1.73. The highest BCUT2D eigenvalue weighted by atomic mass is 79.9. The molecular weight excluding hydrogens is 578 g/mol. The zero-order chi connectivity index (χ0) is 26.5. The van der Waals surface area contributed by atoms with Gasteiger partial charge >= 0.3 is 0 Å². The molecule has 1 aliphatic rings. The van der Waals surface area contributed by atoms with Gasteiger partial charge in [0.1, 0.15) is 12.6 Å². The molecular formula is C26H29BrClN5O3S. The number of unbranched alkanes of at least 4 members (excludes halogenated alkanes) is 1. The Kier molecular flexibility index (Phi) is 9.04. The molecule has 1 atom stereocenters. The van der Waals surface area contributed by atoms with Gasteiger partial charge in [-0.05, 0) is 71.6 Å². The first-order valence-electron chi connectivity index (χ1n) is 12.0. The lowest BCUT2D eigenvalue weighted by Gasteiger charge is -2.28. The number of hydrogen-bond donors (Lipinski definition) is 2. The van der Waals surface area contributed by atoms with E-state index in [1.54, 1.807) is 16.4 Å². The Morgan fingerprint density at radius 3 is 2.68 bits per heavy atom. The van der Waals surface area contributed by atoms with Crippen molar-refractivity contribution in [3.05, 3.63) is 68.3 Å². The van der Waals surface area contributed by atoms with Crippen molar-refractivity contribution >= 4 is 51.1 Å². The second-order valence-electron chi connectivity index (χ2n) is 8.47. The standard InChI is InChI=1S/C26H29BrClN5O3S/c1-4-6-11-37-26-31-25-30-15(3)21(24(29)34)22(33(25)32-26)17-12-19(27)23(20(13-17)35-5-2)36-14-16-7-9-18(28)10-8-16/h7-10,12-13,22H,4-6,11,14H2,1-3H3,(H2,29,34)(H,30,31,32). The number of nitrogens with two attached hydrogens (primary N) is 1. The highest BCUT2D eigenvalue weighted by Gasteiger charge is 2.34. The van der Waals surface area contributed by atoms with Crippen LogP contribution in [-0.2, 0) is 11.4 Å². The summed E-state index contributed by atoms with van der Waals surface area (Å²) >= 11 is 11.2. The molecule has 2 heterocycles. The number of amides is 1. The Bertz CT molecular complexity index is 1310. The van der Waals surface area contributed by atoms with E-state index in [0.29, 0.717) is 56.6 Å². The molecule has 0 spiro atoms. The molecule has 1 aromatic heterocycles. The fourth-order valence-electron chi connectivity index (χ4n) is 4.01. The maximum atomic E-state index is 12.6. The van der Waals surface area contributed by atoms with Crippen LogP contribution in [0.3, 0.4) is 0 Å². The number of thioether (sulfide) groups is 1. The van der Waals surface area contributed by atoms with Gasteiger partial charge in [0.25, 0.3) is 0 Å². The summed E-state index contributed by atoms with van der Waals surface area (Å²) in [6, 6.07) is 10.7. The minimum atomic E-state index is -0.581. The van der Waals surface area contributed by atoms with Crippen molar-refractivity contribution in [1.82, 2.24) is 14.8 Å². The summed E-state index contributed by atoms with van der Waals surface area (Å²) in [7, 11) is 0. The predicted octanol–water partition coefficient (Wildman–Crippen LogP) is 6.34. The van der Waals surface area contributed by atoms with Gasteiger partial charge in [0.15, 0.2) is 11.5 Å². The van der Waals surface area contributed by atoms with E-state index in [2.05, 4.69) is 33.2 Å². The summed E-state index contributed by atoms with van der Waals surface area (Å²) < 4.78 is 14.5. The van der Waals surface area contributed by atoms with Crippen molar-refractivity contribution in [3.8, 4) is 11.5 Å². The molecule has 3 N–H and O–H groups in total. The molecule has 37 heavy (non-hydrogen) atoms. The van der Waals surface area contributed by atoms with Crippen molar-refractivity contribution in [2.24, 2.45) is 5.73 Å². The number of primary amides is 1. The van der Waals surface area contributed by atoms with Gasteiger partial charge in [0.2, 0.25) is 17.0 Å². The summed E-state index contributed by atoms with van der Waals surface area (Å²) in [5.41, 5.74) is 8.63. The lowest BCUT2D eigenvalue weighted by atomic mass is 9.95. The zero-order valence-corrected chi connectivity index (χ0v) is 24.0. The number of carbonyl (C=O) groups is 1. The molecule has 1 amide bonds. The first kappa shape index (κ1) is 27.3. The van der Waals surface area contributed by atoms with Crippen molar-refractivity contribution < 1.29 is 14.3 Å². The fourth-order valence-corrected chi connectivity index (χ4v) is 5.63. The number of allylic oxidation sites excluding steroid dienone is 1. The monoisotopic (exact) mass is 605 g/mol. The third kappa shape index (κ3) is 6.25. The van der Waals surface area contributed by atoms with Gasteiger partial charge in [0.05, 0.1) is 16.7 Å². The lowest BCUT2D eigenvalue weighted by molar-refractivity contribution is -0.115. The highest BCUT2D eigenvalue weighted by molar-refractivity contribution is 9.10. The summed E-state index contributed by atoms with van der Waals surface area (Å²) in [5.74, 6) is 2.04. The van der Waals surface area contributed by atoms with E-state index in [4.69, 9.17) is 31.9 Å². The number of hydrogen-bond acceptors (Lipinski definition) is 7. The van der Waals surface area contributed by atoms with Crippen LogP contribution in [0.15, 0.2) is 57.3 Å². The van der Waals surface area contributed by atoms with Crippen molar-refractivity contribution in [1.29, 1.82) is 0 Å². The third-order valence-corrected chi connectivity index (χ3v) is 7.54. The Morgan fingerprint density at radius 2 is 2.00 bits per heavy atom. The van der Waals surface area contributed by atoms with E-state index in [0.717, 1.165) is 29.7 Å². The number of nitrogens with zero attached hydrogens (tertiary/aromatic N) is 3. The normalized spacial score (nSPS) is 14.8. The first-order valence-corrected chi connectivity index (χ1v) is 14.2. The van der Waals surface area contributed by atoms with E-state index in [1.165, 1.54) is 0 Å². The molecule has 4 rings (SSSR count). The second kappa shape index (κ2) is 12.2. The van der Waals surface area contributed by atoms with Gasteiger partial charge in [-0.25, -0.2) is 4.68 Å². The first-order chi connectivity index (χ1) is 17.8. The summed E-state index contributed by atoms with van der Waals surface area (Å²) in [6.07, 6.45) is 2.16. The van der Waals surface area contributed by atoms with Gasteiger partial charge in [-0.2, -0.15) is 4.98 Å². The maximum Gasteiger partial charge on any atom is 0.248 e. The molecule has 196 valence electrons. The molecule has 0 saturated carbocycles. The number of halogens is 2. The molecule has 8 nitrogen and oxygen atoms in total. The summed E-state index contributed by atoms with van der Waals surface area (Å²) in [6.45, 7) is 6.63. The van der Waals surface area contributed by atoms with Crippen LogP contribution in [0, 0.1) is 0 Å². The van der Waals surface area contributed by atoms with Gasteiger partial charge < -0.3 is 20.5 Å². The van der Waals surface area contributed by atoms with Crippen molar-refractivity contribution in [2.45, 2.75) is 51.4 Å². The lowest BCUT2D eigenvalue weighted by Crippen LogP contribution is -2.32. The second-order valence-corrected chi connectivity index (χ2v) is 10.8. The summed E-state index contributed by atoms with van der Waals surface area (Å²) in [5, 5.41) is 9.22. The number of benzene rings is 2. The third-order valence-electron chi connectivity index (χ3n) is 5.77. The van der Waals surface area contributed by atoms with Gasteiger partial charge in [-0.15, -0.1) is 5.10 Å². The molecule has 0 aliphatic carbocycles. The van der Waals surface area contributed by atoms with Crippen LogP contribution >= 0.6 is 39.3 Å². The number of rotatable bonds is 11. The molecule has 0 radical (unpaired) electrons. The number of fused-ring (bicyclic) bond motifs is 1. The van der Waals surface area contributed by atoms with E-state index in [1.807, 2.05) is 50.2 Å². The van der Waals surface area contributed by atoms with Crippen LogP contribution in [0.1, 0.15) is 50.8 Å². The number of ether oxygens (including phenoxy) is 2. The van der Waals surface area contributed by atoms with Crippen LogP contribution in [0.4, 0.5) is 5.95 Å². The zero-order valence-electron chi connectivity index (χ0n) is 20.9. The minimum Gasteiger partial charge on any atom is -0.490 e. The topological polar surface area (TPSA) is 104 Å². The Morgan fingerprint density at radius 1 is 1.24 bits per heavy atom. The summed E-state index contributed by atoms with van der Waals surface area (Å²) in [4.78, 5) is 17.3. The fraction of sp³-hybridized carbons (Fsp3) is 0.346. The molecule has 0 fully saturated rings. The highest BCUT2D eigenvalue weighted by Crippen LogP contribution is 2.43. The average molecular weight is 607 g/mol. The number of anilines is 1. The molecule has 11 heteroatoms. The van der Waals surface area contributed by atoms with Gasteiger partial charge in [-0.3, -0.25) is 4.79 Å². The molecule has 0 bridgehead atoms. The smallest absolute Gasteiger partial charge is 0.248 e. The van der Waals surface area contributed by atoms with Crippen LogP contribution in [0.25, 0.3) is 0 Å². The number of carbonyl (C=O) groups excluding carboxylic acids is 1. The van der Waals surface area contributed by atoms with Gasteiger partial charge in [-0.1, -0.05) is 48.8 Å². The molecule has 0 saturated heterocycles. The quantitative estimate of drug-likeness (QED) is 0.194. The van der Waals surface area contributed by atoms with Crippen molar-refractivity contribution in [2.75, 3.05) is 17.7 Å². The molecule has 1 unspecified atom stereocenters. The van der Waals surface area contributed by atoms with Crippen LogP contribution in [0.2, 0.25) is 5.02 Å². The molecule has 3 aromatic rings. The minimum absolute atomic E-state index is 0.333. The van der Waals surface area contributed by atoms with E-state index in [-0.39, 0.29) is 0 Å². The van der Waals surface area contributed by atoms with E-state index in [9.17, 15) is 4.79 Å². The van der Waals surface area contributed by atoms with E-state index < -0.39 is 11.9 Å². The van der Waals surface area contributed by atoms with Crippen LogP contribution in [0.5, 0.6) is 11.5 Å². The Hall–Kier alpha value is -2.69. The number of nitrogens with one attached hydrogen (secondary N) is 1. The SMILES string of the molecule is CCCCSc1nc2n(n1)C(c1cc(Br)c(OCc3ccc(Cl)cc3)c(OCC)c1)C(C(N)=O)=C(C)N2. The van der Waals surface area contributed by atoms with Gasteiger partial charge in [0, 0.05) is 16.5 Å². The average Bonchev–Trinajstić information content (AvgIpc) is 3.26. The molecule has 2 aromatic carbocycles. The maximum absolute atomic E-state index is 12.6. The molecule has 1 aliphatic heterocycles. The van der Waals surface area contributed by atoms with E-state index >= 15 is 0 Å². The van der Waals surface area contributed by atoms with Crippen LogP contribution in [-0.4, -0.2) is 33.0 Å². The van der Waals surface area contributed by atoms with Crippen LogP contribution < -0.4 is 20.5 Å². The van der Waals surface area contributed by atoms with Crippen molar-refractivity contribution in [3.63, 3.8) is 0 Å². The Labute approximate surface area is 234 Å². The predicted molar refractivity (Wildman–Crippen MR) is 150 cm³/mol. The number of aromatic nitrogens is 3. The largest absolute Gasteiger partial charge is 0.490 e.